The molecule has 0 aromatic carbocycles. The molecule has 0 atom stereocenters. The highest BCUT2D eigenvalue weighted by Gasteiger charge is 2.19. The van der Waals surface area contributed by atoms with Crippen molar-refractivity contribution >= 4 is 15.8 Å². The molecule has 20 heavy (non-hydrogen) atoms. The molecule has 4 N–H and O–H groups in total. The monoisotopic (exact) mass is 291 g/mol. The number of nitrogens with two attached hydrogens (primary N) is 1. The van der Waals surface area contributed by atoms with Crippen LogP contribution in [0.25, 0.3) is 0 Å². The number of rotatable bonds is 3. The summed E-state index contributed by atoms with van der Waals surface area (Å²) in [6.07, 6.45) is 2.72. The van der Waals surface area contributed by atoms with E-state index in [1.165, 1.54) is 18.5 Å². The molecule has 0 bridgehead atoms. The topological polar surface area (TPSA) is 114 Å². The van der Waals surface area contributed by atoms with Gasteiger partial charge in [0.25, 0.3) is 10.0 Å². The van der Waals surface area contributed by atoms with Gasteiger partial charge in [0.15, 0.2) is 0 Å². The minimum atomic E-state index is -3.72. The first-order chi connectivity index (χ1) is 9.53. The molecule has 0 fully saturated rings. The maximum absolute atomic E-state index is 12.1. The van der Waals surface area contributed by atoms with Gasteiger partial charge in [0.2, 0.25) is 0 Å². The highest BCUT2D eigenvalue weighted by molar-refractivity contribution is 7.92. The maximum Gasteiger partial charge on any atom is 0.266 e. The number of hydrogen-bond acceptors (Lipinski definition) is 5. The summed E-state index contributed by atoms with van der Waals surface area (Å²) in [5.41, 5.74) is 6.37. The lowest BCUT2D eigenvalue weighted by atomic mass is 10.2. The molecule has 2 aromatic rings. The van der Waals surface area contributed by atoms with E-state index in [4.69, 9.17) is 5.73 Å². The fourth-order valence-electron chi connectivity index (χ4n) is 1.52. The molecular weight excluding hydrogens is 278 g/mol. The number of nitrogens with one attached hydrogen (secondary N) is 2. The predicted molar refractivity (Wildman–Crippen MR) is 74.3 cm³/mol. The van der Waals surface area contributed by atoms with E-state index in [1.807, 2.05) is 0 Å². The molecule has 0 radical (unpaired) electrons. The smallest absolute Gasteiger partial charge is 0.266 e. The third-order valence-electron chi connectivity index (χ3n) is 2.41. The summed E-state index contributed by atoms with van der Waals surface area (Å²) in [5.74, 6) is 5.69. The molecule has 8 heteroatoms. The van der Waals surface area contributed by atoms with Gasteiger partial charge in [0, 0.05) is 11.8 Å². The fourth-order valence-corrected chi connectivity index (χ4v) is 2.66. The molecule has 2 rings (SSSR count). The zero-order valence-corrected chi connectivity index (χ0v) is 11.5. The number of anilines is 1. The van der Waals surface area contributed by atoms with E-state index >= 15 is 0 Å². The number of sulfonamides is 1. The van der Waals surface area contributed by atoms with Crippen LogP contribution in [-0.4, -0.2) is 30.1 Å². The molecular formula is C12H13N5O2S. The van der Waals surface area contributed by atoms with Crippen LogP contribution in [0.15, 0.2) is 29.4 Å². The Bertz CT molecular complexity index is 770. The van der Waals surface area contributed by atoms with Crippen molar-refractivity contribution in [1.29, 1.82) is 0 Å². The lowest BCUT2D eigenvalue weighted by molar-refractivity contribution is 0.600. The highest BCUT2D eigenvalue weighted by Crippen LogP contribution is 2.16. The van der Waals surface area contributed by atoms with Gasteiger partial charge in [-0.3, -0.25) is 9.82 Å². The van der Waals surface area contributed by atoms with Crippen molar-refractivity contribution < 1.29 is 8.42 Å². The van der Waals surface area contributed by atoms with Crippen LogP contribution in [-0.2, 0) is 10.0 Å². The van der Waals surface area contributed by atoms with Crippen LogP contribution < -0.4 is 10.5 Å². The lowest BCUT2D eigenvalue weighted by Crippen LogP contribution is -2.14. The molecule has 0 unspecified atom stereocenters. The molecule has 0 saturated carbocycles. The van der Waals surface area contributed by atoms with Crippen LogP contribution in [0.1, 0.15) is 11.3 Å². The van der Waals surface area contributed by atoms with Crippen molar-refractivity contribution in [3.8, 4) is 11.8 Å². The Hall–Kier alpha value is -2.37. The van der Waals surface area contributed by atoms with E-state index in [-0.39, 0.29) is 17.3 Å². The molecule has 0 aliphatic rings. The first kappa shape index (κ1) is 14.0. The zero-order chi connectivity index (χ0) is 14.6. The van der Waals surface area contributed by atoms with E-state index in [9.17, 15) is 8.42 Å². The maximum atomic E-state index is 12.1. The van der Waals surface area contributed by atoms with Crippen molar-refractivity contribution in [2.45, 2.75) is 11.8 Å². The van der Waals surface area contributed by atoms with Crippen LogP contribution in [0, 0.1) is 18.8 Å². The van der Waals surface area contributed by atoms with E-state index in [1.54, 1.807) is 13.0 Å². The van der Waals surface area contributed by atoms with Crippen LogP contribution in [0.5, 0.6) is 0 Å². The largest absolute Gasteiger partial charge is 0.320 e. The SMILES string of the molecule is Cc1[nH]ncc1S(=O)(=O)Nc1cc(C#CCN)ccn1. The zero-order valence-electron chi connectivity index (χ0n) is 10.7. The third-order valence-corrected chi connectivity index (χ3v) is 3.88. The van der Waals surface area contributed by atoms with E-state index < -0.39 is 10.0 Å². The molecule has 0 aliphatic heterocycles. The summed E-state index contributed by atoms with van der Waals surface area (Å²) in [4.78, 5) is 4.03. The van der Waals surface area contributed by atoms with E-state index in [0.717, 1.165) is 0 Å². The van der Waals surface area contributed by atoms with Gasteiger partial charge in [0.1, 0.15) is 10.7 Å². The van der Waals surface area contributed by atoms with Gasteiger partial charge >= 0.3 is 0 Å². The first-order valence-electron chi connectivity index (χ1n) is 5.71. The summed E-state index contributed by atoms with van der Waals surface area (Å²) >= 11 is 0. The fraction of sp³-hybridized carbons (Fsp3) is 0.167. The molecule has 0 aliphatic carbocycles. The van der Waals surface area contributed by atoms with Crippen molar-refractivity contribution in [2.75, 3.05) is 11.3 Å². The number of aryl methyl sites for hydroxylation is 1. The number of H-pyrrole nitrogens is 1. The summed E-state index contributed by atoms with van der Waals surface area (Å²) in [5, 5.41) is 6.26. The van der Waals surface area contributed by atoms with Gasteiger partial charge in [-0.25, -0.2) is 13.4 Å². The van der Waals surface area contributed by atoms with Gasteiger partial charge in [-0.05, 0) is 19.1 Å². The van der Waals surface area contributed by atoms with Crippen molar-refractivity contribution in [1.82, 2.24) is 15.2 Å². The van der Waals surface area contributed by atoms with Crippen molar-refractivity contribution in [3.05, 3.63) is 35.8 Å². The van der Waals surface area contributed by atoms with Gasteiger partial charge in [-0.15, -0.1) is 0 Å². The Kier molecular flexibility index (Phi) is 4.02. The third kappa shape index (κ3) is 3.14. The van der Waals surface area contributed by atoms with Crippen LogP contribution in [0.3, 0.4) is 0 Å². The number of nitrogens with zero attached hydrogens (tertiary/aromatic N) is 2. The van der Waals surface area contributed by atoms with Gasteiger partial charge < -0.3 is 5.73 Å². The molecule has 0 spiro atoms. The lowest BCUT2D eigenvalue weighted by Gasteiger charge is -2.06. The minimum Gasteiger partial charge on any atom is -0.320 e. The van der Waals surface area contributed by atoms with Gasteiger partial charge in [0.05, 0.1) is 18.4 Å². The van der Waals surface area contributed by atoms with Crippen molar-refractivity contribution in [3.63, 3.8) is 0 Å². The Morgan fingerprint density at radius 1 is 1.50 bits per heavy atom. The number of pyridine rings is 1. The summed E-state index contributed by atoms with van der Waals surface area (Å²) < 4.78 is 26.7. The number of aromatic nitrogens is 3. The minimum absolute atomic E-state index is 0.0812. The Morgan fingerprint density at radius 2 is 2.30 bits per heavy atom. The second-order valence-electron chi connectivity index (χ2n) is 3.90. The average Bonchev–Trinajstić information content (AvgIpc) is 2.83. The van der Waals surface area contributed by atoms with Crippen LogP contribution in [0.4, 0.5) is 5.82 Å². The normalized spacial score (nSPS) is 10.7. The average molecular weight is 291 g/mol. The second-order valence-corrected chi connectivity index (χ2v) is 5.55. The predicted octanol–water partition coefficient (Wildman–Crippen LogP) is 0.224. The molecule has 104 valence electrons. The van der Waals surface area contributed by atoms with Gasteiger partial charge in [-0.2, -0.15) is 5.10 Å². The van der Waals surface area contributed by atoms with E-state index in [0.29, 0.717) is 11.3 Å². The van der Waals surface area contributed by atoms with Gasteiger partial charge in [-0.1, -0.05) is 11.8 Å². The van der Waals surface area contributed by atoms with E-state index in [2.05, 4.69) is 31.7 Å². The molecule has 2 aromatic heterocycles. The molecule has 2 heterocycles. The number of aromatic amines is 1. The summed E-state index contributed by atoms with van der Waals surface area (Å²) in [6, 6.07) is 3.21. The number of hydrogen-bond donors (Lipinski definition) is 3. The molecule has 7 nitrogen and oxygen atoms in total. The second kappa shape index (κ2) is 5.73. The Morgan fingerprint density at radius 3 is 2.95 bits per heavy atom. The standard InChI is InChI=1S/C12H13N5O2S/c1-9-11(8-15-16-9)20(18,19)17-12-7-10(3-2-5-13)4-6-14-12/h4,6-8H,5,13H2,1H3,(H,14,17)(H,15,16). The molecule has 0 saturated heterocycles. The summed E-state index contributed by atoms with van der Waals surface area (Å²) in [7, 11) is -3.72. The quantitative estimate of drug-likeness (QED) is 0.700. The highest BCUT2D eigenvalue weighted by atomic mass is 32.2. The first-order valence-corrected chi connectivity index (χ1v) is 7.19. The van der Waals surface area contributed by atoms with Crippen LogP contribution >= 0.6 is 0 Å². The van der Waals surface area contributed by atoms with Crippen molar-refractivity contribution in [2.24, 2.45) is 5.73 Å². The molecule has 0 amide bonds. The Balaban J connectivity index is 2.28. The van der Waals surface area contributed by atoms with Crippen LogP contribution in [0.2, 0.25) is 0 Å². The Labute approximate surface area is 116 Å². The summed E-state index contributed by atoms with van der Waals surface area (Å²) in [6.45, 7) is 1.86.